The van der Waals surface area contributed by atoms with Crippen LogP contribution in [0.1, 0.15) is 5.56 Å². The van der Waals surface area contributed by atoms with Gasteiger partial charge in [0.15, 0.2) is 17.3 Å². The standard InChI is InChI=1S/C18H24N4O3/c1-14-3-4-15(16(13-14)23-2)24-11-12-25-18-17(20-5-6-21-18)22-9-7-19-8-10-22/h3-6,13,19H,7-12H2,1-2H3. The Hall–Kier alpha value is -2.54. The Morgan fingerprint density at radius 1 is 1.04 bits per heavy atom. The number of ether oxygens (including phenoxy) is 3. The average molecular weight is 344 g/mol. The molecule has 0 saturated carbocycles. The molecule has 0 bridgehead atoms. The molecular weight excluding hydrogens is 320 g/mol. The third-order valence-corrected chi connectivity index (χ3v) is 3.96. The van der Waals surface area contributed by atoms with Crippen LogP contribution in [-0.4, -0.2) is 56.5 Å². The molecule has 0 radical (unpaired) electrons. The highest BCUT2D eigenvalue weighted by atomic mass is 16.5. The van der Waals surface area contributed by atoms with E-state index < -0.39 is 0 Å². The minimum Gasteiger partial charge on any atom is -0.493 e. The van der Waals surface area contributed by atoms with E-state index in [1.165, 1.54) is 0 Å². The number of methoxy groups -OCH3 is 1. The van der Waals surface area contributed by atoms with E-state index in [-0.39, 0.29) is 0 Å². The summed E-state index contributed by atoms with van der Waals surface area (Å²) in [6.45, 7) is 6.46. The van der Waals surface area contributed by atoms with Gasteiger partial charge in [-0.05, 0) is 24.6 Å². The molecule has 1 aromatic heterocycles. The lowest BCUT2D eigenvalue weighted by atomic mass is 10.2. The molecule has 2 heterocycles. The van der Waals surface area contributed by atoms with E-state index in [9.17, 15) is 0 Å². The third kappa shape index (κ3) is 4.51. The van der Waals surface area contributed by atoms with Crippen LogP contribution in [0.15, 0.2) is 30.6 Å². The van der Waals surface area contributed by atoms with Crippen molar-refractivity contribution in [1.82, 2.24) is 15.3 Å². The van der Waals surface area contributed by atoms with Crippen molar-refractivity contribution in [3.63, 3.8) is 0 Å². The summed E-state index contributed by atoms with van der Waals surface area (Å²) < 4.78 is 16.9. The van der Waals surface area contributed by atoms with Crippen molar-refractivity contribution in [3.05, 3.63) is 36.2 Å². The number of aryl methyl sites for hydroxylation is 1. The van der Waals surface area contributed by atoms with Crippen LogP contribution in [-0.2, 0) is 0 Å². The van der Waals surface area contributed by atoms with Gasteiger partial charge in [-0.3, -0.25) is 0 Å². The zero-order valence-corrected chi connectivity index (χ0v) is 14.7. The highest BCUT2D eigenvalue weighted by Crippen LogP contribution is 2.28. The van der Waals surface area contributed by atoms with Crippen LogP contribution in [0, 0.1) is 6.92 Å². The van der Waals surface area contributed by atoms with E-state index in [1.54, 1.807) is 19.5 Å². The van der Waals surface area contributed by atoms with Crippen LogP contribution in [0.5, 0.6) is 17.4 Å². The summed E-state index contributed by atoms with van der Waals surface area (Å²) in [7, 11) is 1.64. The summed E-state index contributed by atoms with van der Waals surface area (Å²) in [6.07, 6.45) is 3.34. The van der Waals surface area contributed by atoms with Crippen molar-refractivity contribution in [2.24, 2.45) is 0 Å². The average Bonchev–Trinajstić information content (AvgIpc) is 2.67. The maximum atomic E-state index is 5.81. The van der Waals surface area contributed by atoms with Gasteiger partial charge in [0.05, 0.1) is 7.11 Å². The van der Waals surface area contributed by atoms with E-state index >= 15 is 0 Å². The Morgan fingerprint density at radius 3 is 2.60 bits per heavy atom. The van der Waals surface area contributed by atoms with E-state index in [1.807, 2.05) is 25.1 Å². The second-order valence-electron chi connectivity index (χ2n) is 5.77. The summed E-state index contributed by atoms with van der Waals surface area (Å²) in [4.78, 5) is 10.9. The number of piperazine rings is 1. The Labute approximate surface area is 147 Å². The Balaban J connectivity index is 1.56. The van der Waals surface area contributed by atoms with Crippen molar-refractivity contribution in [2.45, 2.75) is 6.92 Å². The minimum atomic E-state index is 0.384. The van der Waals surface area contributed by atoms with Crippen molar-refractivity contribution >= 4 is 5.82 Å². The number of anilines is 1. The third-order valence-electron chi connectivity index (χ3n) is 3.96. The van der Waals surface area contributed by atoms with Gasteiger partial charge in [0.2, 0.25) is 0 Å². The van der Waals surface area contributed by atoms with Crippen LogP contribution in [0.3, 0.4) is 0 Å². The first kappa shape index (κ1) is 17.3. The molecule has 1 saturated heterocycles. The van der Waals surface area contributed by atoms with Crippen LogP contribution in [0.25, 0.3) is 0 Å². The SMILES string of the molecule is COc1cc(C)ccc1OCCOc1nccnc1N1CCNCC1. The maximum absolute atomic E-state index is 5.81. The number of hydrogen-bond donors (Lipinski definition) is 1. The highest BCUT2D eigenvalue weighted by molar-refractivity contribution is 5.48. The number of benzene rings is 1. The Kier molecular flexibility index (Phi) is 5.90. The predicted octanol–water partition coefficient (Wildman–Crippen LogP) is 1.66. The fraction of sp³-hybridized carbons (Fsp3) is 0.444. The largest absolute Gasteiger partial charge is 0.493 e. The second-order valence-corrected chi connectivity index (χ2v) is 5.77. The number of rotatable bonds is 7. The summed E-state index contributed by atoms with van der Waals surface area (Å²) in [5, 5.41) is 3.33. The summed E-state index contributed by atoms with van der Waals surface area (Å²) in [6, 6.07) is 5.84. The number of aromatic nitrogens is 2. The lowest BCUT2D eigenvalue weighted by Gasteiger charge is -2.28. The van der Waals surface area contributed by atoms with E-state index in [0.29, 0.717) is 24.8 Å². The fourth-order valence-corrected chi connectivity index (χ4v) is 2.70. The molecule has 7 nitrogen and oxygen atoms in total. The summed E-state index contributed by atoms with van der Waals surface area (Å²) >= 11 is 0. The molecule has 0 unspecified atom stereocenters. The fourth-order valence-electron chi connectivity index (χ4n) is 2.70. The van der Waals surface area contributed by atoms with Gasteiger partial charge in [-0.15, -0.1) is 0 Å². The van der Waals surface area contributed by atoms with Crippen LogP contribution < -0.4 is 24.4 Å². The molecule has 25 heavy (non-hydrogen) atoms. The molecule has 1 fully saturated rings. The zero-order chi connectivity index (χ0) is 17.5. The van der Waals surface area contributed by atoms with Gasteiger partial charge in [-0.2, -0.15) is 0 Å². The molecule has 1 aliphatic rings. The number of nitrogens with one attached hydrogen (secondary N) is 1. The minimum absolute atomic E-state index is 0.384. The molecule has 7 heteroatoms. The van der Waals surface area contributed by atoms with Crippen LogP contribution in [0.2, 0.25) is 0 Å². The molecule has 0 spiro atoms. The molecule has 2 aromatic rings. The molecular formula is C18H24N4O3. The first-order valence-corrected chi connectivity index (χ1v) is 8.45. The first-order valence-electron chi connectivity index (χ1n) is 8.45. The normalized spacial score (nSPS) is 14.2. The molecule has 0 amide bonds. The number of hydrogen-bond acceptors (Lipinski definition) is 7. The smallest absolute Gasteiger partial charge is 0.257 e. The molecule has 0 atom stereocenters. The summed E-state index contributed by atoms with van der Waals surface area (Å²) in [5.74, 6) is 2.76. The monoisotopic (exact) mass is 344 g/mol. The molecule has 3 rings (SSSR count). The highest BCUT2D eigenvalue weighted by Gasteiger charge is 2.17. The molecule has 134 valence electrons. The van der Waals surface area contributed by atoms with E-state index in [0.717, 1.165) is 43.3 Å². The van der Waals surface area contributed by atoms with Gasteiger partial charge < -0.3 is 24.4 Å². The molecule has 1 aliphatic heterocycles. The lowest BCUT2D eigenvalue weighted by Crippen LogP contribution is -2.44. The summed E-state index contributed by atoms with van der Waals surface area (Å²) in [5.41, 5.74) is 1.13. The quantitative estimate of drug-likeness (QED) is 0.766. The van der Waals surface area contributed by atoms with Gasteiger partial charge in [0.1, 0.15) is 13.2 Å². The van der Waals surface area contributed by atoms with Crippen molar-refractivity contribution in [2.75, 3.05) is 51.4 Å². The molecule has 0 aliphatic carbocycles. The maximum Gasteiger partial charge on any atom is 0.257 e. The van der Waals surface area contributed by atoms with Crippen molar-refractivity contribution in [3.8, 4) is 17.4 Å². The van der Waals surface area contributed by atoms with E-state index in [4.69, 9.17) is 14.2 Å². The first-order chi connectivity index (χ1) is 12.3. The van der Waals surface area contributed by atoms with Gasteiger partial charge >= 0.3 is 0 Å². The van der Waals surface area contributed by atoms with Gasteiger partial charge in [-0.25, -0.2) is 9.97 Å². The predicted molar refractivity (Wildman–Crippen MR) is 95.8 cm³/mol. The Bertz CT molecular complexity index is 690. The van der Waals surface area contributed by atoms with Crippen LogP contribution in [0.4, 0.5) is 5.82 Å². The zero-order valence-electron chi connectivity index (χ0n) is 14.7. The van der Waals surface area contributed by atoms with E-state index in [2.05, 4.69) is 20.2 Å². The van der Waals surface area contributed by atoms with Crippen LogP contribution >= 0.6 is 0 Å². The molecule has 1 N–H and O–H groups in total. The topological polar surface area (TPSA) is 68.7 Å². The van der Waals surface area contributed by atoms with Gasteiger partial charge in [0.25, 0.3) is 5.88 Å². The lowest BCUT2D eigenvalue weighted by molar-refractivity contribution is 0.206. The Morgan fingerprint density at radius 2 is 1.80 bits per heavy atom. The number of nitrogens with zero attached hydrogens (tertiary/aromatic N) is 3. The molecule has 1 aromatic carbocycles. The van der Waals surface area contributed by atoms with Crippen molar-refractivity contribution in [1.29, 1.82) is 0 Å². The van der Waals surface area contributed by atoms with Gasteiger partial charge in [-0.1, -0.05) is 6.07 Å². The van der Waals surface area contributed by atoms with Gasteiger partial charge in [0, 0.05) is 38.6 Å². The second kappa shape index (κ2) is 8.53. The van der Waals surface area contributed by atoms with Crippen molar-refractivity contribution < 1.29 is 14.2 Å².